The highest BCUT2D eigenvalue weighted by atomic mass is 32.2. The molecule has 2 aromatic rings. The van der Waals surface area contributed by atoms with Gasteiger partial charge in [-0.25, -0.2) is 4.63 Å². The van der Waals surface area contributed by atoms with Crippen LogP contribution in [0.3, 0.4) is 0 Å². The van der Waals surface area contributed by atoms with Crippen molar-refractivity contribution in [3.63, 3.8) is 0 Å². The fourth-order valence-electron chi connectivity index (χ4n) is 2.09. The Morgan fingerprint density at radius 2 is 2.05 bits per heavy atom. The molecule has 1 aromatic heterocycles. The van der Waals surface area contributed by atoms with E-state index >= 15 is 0 Å². The summed E-state index contributed by atoms with van der Waals surface area (Å²) in [6.45, 7) is 1.75. The van der Waals surface area contributed by atoms with Crippen molar-refractivity contribution in [3.05, 3.63) is 29.0 Å². The summed E-state index contributed by atoms with van der Waals surface area (Å²) in [6.07, 6.45) is -2.69. The number of benzene rings is 1. The highest BCUT2D eigenvalue weighted by molar-refractivity contribution is 7.98. The summed E-state index contributed by atoms with van der Waals surface area (Å²) < 4.78 is 44.2. The third kappa shape index (κ3) is 2.80. The average molecular weight is 331 g/mol. The highest BCUT2D eigenvalue weighted by Gasteiger charge is 2.36. The van der Waals surface area contributed by atoms with Crippen molar-refractivity contribution in [2.24, 2.45) is 5.73 Å². The molecule has 1 amide bonds. The van der Waals surface area contributed by atoms with Crippen LogP contribution in [-0.4, -0.2) is 22.5 Å². The topological polar surface area (TPSA) is 82.0 Å². The first-order valence-electron chi connectivity index (χ1n) is 6.21. The third-order valence-electron chi connectivity index (χ3n) is 3.06. The van der Waals surface area contributed by atoms with Gasteiger partial charge in [0.15, 0.2) is 0 Å². The number of carbonyl (C=O) groups excluding carboxylic acids is 1. The Balaban J connectivity index is 2.86. The maximum Gasteiger partial charge on any atom is 0.417 e. The molecule has 0 unspecified atom stereocenters. The van der Waals surface area contributed by atoms with Gasteiger partial charge in [0, 0.05) is 16.0 Å². The lowest BCUT2D eigenvalue weighted by Gasteiger charge is -2.16. The van der Waals surface area contributed by atoms with E-state index in [2.05, 4.69) is 14.9 Å². The molecule has 5 nitrogen and oxygen atoms in total. The second-order valence-electron chi connectivity index (χ2n) is 4.34. The number of thioether (sulfide) groups is 1. The van der Waals surface area contributed by atoms with Crippen LogP contribution in [0, 0.1) is 0 Å². The van der Waals surface area contributed by atoms with Crippen molar-refractivity contribution in [3.8, 4) is 11.3 Å². The summed E-state index contributed by atoms with van der Waals surface area (Å²) in [5.74, 6) is -0.843. The van der Waals surface area contributed by atoms with Crippen molar-refractivity contribution < 1.29 is 22.6 Å². The lowest BCUT2D eigenvalue weighted by molar-refractivity contribution is -0.139. The van der Waals surface area contributed by atoms with E-state index in [0.717, 1.165) is 23.9 Å². The van der Waals surface area contributed by atoms with Crippen LogP contribution in [0.5, 0.6) is 0 Å². The highest BCUT2D eigenvalue weighted by Crippen LogP contribution is 2.43. The van der Waals surface area contributed by atoms with E-state index in [0.29, 0.717) is 12.1 Å². The number of halogens is 3. The van der Waals surface area contributed by atoms with E-state index in [-0.39, 0.29) is 21.7 Å². The van der Waals surface area contributed by atoms with Crippen LogP contribution >= 0.6 is 11.8 Å². The normalized spacial score (nSPS) is 11.7. The Labute approximate surface area is 128 Å². The molecule has 9 heteroatoms. The molecule has 0 radical (unpaired) electrons. The number of primary amides is 1. The zero-order valence-electron chi connectivity index (χ0n) is 11.7. The molecule has 0 bridgehead atoms. The molecular weight excluding hydrogens is 319 g/mol. The largest absolute Gasteiger partial charge is 0.417 e. The predicted molar refractivity (Wildman–Crippen MR) is 74.4 cm³/mol. The minimum Gasteiger partial charge on any atom is -0.366 e. The molecule has 0 aliphatic rings. The predicted octanol–water partition coefficient (Wildman–Crippen LogP) is 3.14. The first kappa shape index (κ1) is 16.3. The number of alkyl halides is 3. The van der Waals surface area contributed by atoms with E-state index in [9.17, 15) is 18.0 Å². The van der Waals surface area contributed by atoms with Gasteiger partial charge in [-0.2, -0.15) is 13.2 Å². The fourth-order valence-corrected chi connectivity index (χ4v) is 2.90. The number of carbonyl (C=O) groups is 1. The van der Waals surface area contributed by atoms with Gasteiger partial charge in [0.2, 0.25) is 5.91 Å². The van der Waals surface area contributed by atoms with Crippen molar-refractivity contribution >= 4 is 17.7 Å². The summed E-state index contributed by atoms with van der Waals surface area (Å²) in [6, 6.07) is 1.89. The summed E-state index contributed by atoms with van der Waals surface area (Å²) >= 11 is 0.861. The molecule has 1 heterocycles. The number of rotatable bonds is 4. The quantitative estimate of drug-likeness (QED) is 0.870. The molecule has 0 fully saturated rings. The fraction of sp³-hybridized carbons (Fsp3) is 0.308. The van der Waals surface area contributed by atoms with Crippen LogP contribution < -0.4 is 5.73 Å². The van der Waals surface area contributed by atoms with Gasteiger partial charge in [-0.3, -0.25) is 4.79 Å². The molecule has 0 aliphatic heterocycles. The molecule has 2 rings (SSSR count). The maximum absolute atomic E-state index is 13.2. The smallest absolute Gasteiger partial charge is 0.366 e. The standard InChI is InChI=1S/C13H12F3N3O2S/c1-3-8-10(19-21-18-8)9-6(12(17)20)4-5-7(11(9)22-2)13(14,15)16/h4-5H,3H2,1-2H3,(H2,17,20). The van der Waals surface area contributed by atoms with Gasteiger partial charge in [0.25, 0.3) is 0 Å². The van der Waals surface area contributed by atoms with Gasteiger partial charge in [-0.15, -0.1) is 11.8 Å². The number of hydrogen-bond acceptors (Lipinski definition) is 5. The van der Waals surface area contributed by atoms with Gasteiger partial charge in [0.05, 0.1) is 5.56 Å². The van der Waals surface area contributed by atoms with E-state index < -0.39 is 17.6 Å². The van der Waals surface area contributed by atoms with Crippen molar-refractivity contribution in [2.45, 2.75) is 24.4 Å². The average Bonchev–Trinajstić information content (AvgIpc) is 2.92. The van der Waals surface area contributed by atoms with Gasteiger partial charge >= 0.3 is 6.18 Å². The van der Waals surface area contributed by atoms with Gasteiger partial charge in [0.1, 0.15) is 11.4 Å². The van der Waals surface area contributed by atoms with Crippen molar-refractivity contribution in [2.75, 3.05) is 6.26 Å². The lowest BCUT2D eigenvalue weighted by Crippen LogP contribution is -2.16. The molecule has 0 atom stereocenters. The van der Waals surface area contributed by atoms with Crippen LogP contribution in [0.2, 0.25) is 0 Å². The second kappa shape index (κ2) is 5.99. The van der Waals surface area contributed by atoms with E-state index in [1.165, 1.54) is 6.26 Å². The van der Waals surface area contributed by atoms with Gasteiger partial charge in [-0.1, -0.05) is 12.1 Å². The molecule has 22 heavy (non-hydrogen) atoms. The van der Waals surface area contributed by atoms with Crippen molar-refractivity contribution in [1.82, 2.24) is 10.3 Å². The molecule has 0 saturated heterocycles. The van der Waals surface area contributed by atoms with Crippen LogP contribution in [-0.2, 0) is 12.6 Å². The molecule has 0 spiro atoms. The Morgan fingerprint density at radius 3 is 2.55 bits per heavy atom. The number of amides is 1. The second-order valence-corrected chi connectivity index (χ2v) is 5.16. The molecule has 0 saturated carbocycles. The monoisotopic (exact) mass is 331 g/mol. The zero-order valence-corrected chi connectivity index (χ0v) is 12.5. The Morgan fingerprint density at radius 1 is 1.36 bits per heavy atom. The summed E-state index contributed by atoms with van der Waals surface area (Å²) in [5, 5.41) is 7.31. The van der Waals surface area contributed by atoms with Crippen LogP contribution in [0.4, 0.5) is 13.2 Å². The summed E-state index contributed by atoms with van der Waals surface area (Å²) in [7, 11) is 0. The van der Waals surface area contributed by atoms with Gasteiger partial charge < -0.3 is 5.73 Å². The SMILES string of the molecule is CCc1nonc1-c1c(C(N)=O)ccc(C(F)(F)F)c1SC. The lowest BCUT2D eigenvalue weighted by atomic mass is 9.98. The minimum absolute atomic E-state index is 0.00734. The van der Waals surface area contributed by atoms with Crippen LogP contribution in [0.25, 0.3) is 11.3 Å². The third-order valence-corrected chi connectivity index (χ3v) is 3.89. The molecule has 0 aliphatic carbocycles. The van der Waals surface area contributed by atoms with E-state index in [1.54, 1.807) is 6.92 Å². The van der Waals surface area contributed by atoms with Crippen molar-refractivity contribution in [1.29, 1.82) is 0 Å². The molecule has 118 valence electrons. The van der Waals surface area contributed by atoms with E-state index in [1.807, 2.05) is 0 Å². The number of nitrogens with zero attached hydrogens (tertiary/aromatic N) is 2. The summed E-state index contributed by atoms with van der Waals surface area (Å²) in [4.78, 5) is 11.5. The van der Waals surface area contributed by atoms with Crippen LogP contribution in [0.15, 0.2) is 21.7 Å². The Hall–Kier alpha value is -2.03. The molecule has 1 aromatic carbocycles. The van der Waals surface area contributed by atoms with Gasteiger partial charge in [-0.05, 0) is 30.0 Å². The number of aryl methyl sites for hydroxylation is 1. The molecule has 2 N–H and O–H groups in total. The summed E-state index contributed by atoms with van der Waals surface area (Å²) in [5.41, 5.74) is 4.85. The minimum atomic E-state index is -4.56. The van der Waals surface area contributed by atoms with E-state index in [4.69, 9.17) is 5.73 Å². The maximum atomic E-state index is 13.2. The molecular formula is C13H12F3N3O2S. The Kier molecular flexibility index (Phi) is 4.45. The van der Waals surface area contributed by atoms with Crippen LogP contribution in [0.1, 0.15) is 28.5 Å². The zero-order chi connectivity index (χ0) is 16.5. The number of aromatic nitrogens is 2. The first-order chi connectivity index (χ1) is 10.3. The number of nitrogens with two attached hydrogens (primary N) is 1. The number of hydrogen-bond donors (Lipinski definition) is 1. The Bertz CT molecular complexity index is 713. The first-order valence-corrected chi connectivity index (χ1v) is 7.43.